The van der Waals surface area contributed by atoms with E-state index >= 15 is 0 Å². The maximum atomic E-state index is 13.1. The minimum Gasteiger partial charge on any atom is -0.438 e. The smallest absolute Gasteiger partial charge is 0.226 e. The van der Waals surface area contributed by atoms with Crippen LogP contribution in [0.15, 0.2) is 24.3 Å². The highest BCUT2D eigenvalue weighted by molar-refractivity contribution is 6.30. The summed E-state index contributed by atoms with van der Waals surface area (Å²) in [5, 5.41) is 0.366. The molecule has 0 bridgehead atoms. The topological polar surface area (TPSA) is 35.0 Å². The number of hydrogen-bond donors (Lipinski definition) is 0. The highest BCUT2D eigenvalue weighted by Crippen LogP contribution is 2.27. The summed E-state index contributed by atoms with van der Waals surface area (Å²) in [5.74, 6) is 1.03. The quantitative estimate of drug-likeness (QED) is 0.782. The summed E-state index contributed by atoms with van der Waals surface area (Å²) in [7, 11) is 0. The van der Waals surface area contributed by atoms with Crippen LogP contribution >= 0.6 is 11.6 Å². The van der Waals surface area contributed by atoms with E-state index in [4.69, 9.17) is 16.3 Å². The van der Waals surface area contributed by atoms with Crippen molar-refractivity contribution >= 4 is 11.6 Å². The monoisotopic (exact) mass is 280 g/mol. The molecule has 0 aliphatic carbocycles. The van der Waals surface area contributed by atoms with Gasteiger partial charge in [-0.2, -0.15) is 4.98 Å². The number of aryl methyl sites for hydroxylation is 1. The Hall–Kier alpha value is -1.68. The van der Waals surface area contributed by atoms with Crippen LogP contribution < -0.4 is 4.74 Å². The number of benzene rings is 1. The van der Waals surface area contributed by atoms with Crippen LogP contribution in [0, 0.1) is 12.7 Å². The fourth-order valence-electron chi connectivity index (χ4n) is 1.59. The van der Waals surface area contributed by atoms with Gasteiger partial charge in [-0.25, -0.2) is 9.37 Å². The van der Waals surface area contributed by atoms with Gasteiger partial charge in [-0.05, 0) is 25.5 Å². The third kappa shape index (κ3) is 3.41. The van der Waals surface area contributed by atoms with Crippen molar-refractivity contribution < 1.29 is 9.13 Å². The predicted molar refractivity (Wildman–Crippen MR) is 72.2 cm³/mol. The molecule has 3 nitrogen and oxygen atoms in total. The van der Waals surface area contributed by atoms with Gasteiger partial charge in [0.25, 0.3) is 0 Å². The maximum Gasteiger partial charge on any atom is 0.226 e. The van der Waals surface area contributed by atoms with E-state index in [0.717, 1.165) is 12.8 Å². The zero-order valence-corrected chi connectivity index (χ0v) is 11.5. The lowest BCUT2D eigenvalue weighted by Crippen LogP contribution is -2.01. The molecule has 0 unspecified atom stereocenters. The Morgan fingerprint density at radius 3 is 2.79 bits per heavy atom. The van der Waals surface area contributed by atoms with Crippen LogP contribution in [-0.4, -0.2) is 9.97 Å². The largest absolute Gasteiger partial charge is 0.438 e. The second kappa shape index (κ2) is 5.97. The molecule has 0 radical (unpaired) electrons. The molecule has 0 atom stereocenters. The van der Waals surface area contributed by atoms with Crippen molar-refractivity contribution in [3.8, 4) is 11.6 Å². The lowest BCUT2D eigenvalue weighted by Gasteiger charge is -2.10. The van der Waals surface area contributed by atoms with E-state index < -0.39 is 0 Å². The number of aromatic nitrogens is 2. The number of ether oxygens (including phenoxy) is 1. The van der Waals surface area contributed by atoms with E-state index in [1.165, 1.54) is 12.1 Å². The second-order valence-corrected chi connectivity index (χ2v) is 4.53. The van der Waals surface area contributed by atoms with Gasteiger partial charge in [-0.15, -0.1) is 0 Å². The van der Waals surface area contributed by atoms with E-state index in [2.05, 4.69) is 9.97 Å². The maximum absolute atomic E-state index is 13.1. The molecule has 2 aromatic rings. The van der Waals surface area contributed by atoms with Crippen LogP contribution in [0.5, 0.6) is 11.6 Å². The van der Waals surface area contributed by atoms with Gasteiger partial charge in [0.2, 0.25) is 5.88 Å². The second-order valence-electron chi connectivity index (χ2n) is 4.17. The normalized spacial score (nSPS) is 10.5. The molecule has 100 valence electrons. The first-order valence-electron chi connectivity index (χ1n) is 6.06. The van der Waals surface area contributed by atoms with Gasteiger partial charge in [0.05, 0.1) is 0 Å². The fourth-order valence-corrected chi connectivity index (χ4v) is 1.77. The van der Waals surface area contributed by atoms with Gasteiger partial charge in [0, 0.05) is 18.1 Å². The molecule has 1 aromatic carbocycles. The first-order chi connectivity index (χ1) is 9.10. The molecule has 0 saturated heterocycles. The third-order valence-electron chi connectivity index (χ3n) is 2.57. The van der Waals surface area contributed by atoms with Gasteiger partial charge in [0.1, 0.15) is 22.5 Å². The van der Waals surface area contributed by atoms with E-state index in [9.17, 15) is 4.39 Å². The average molecular weight is 281 g/mol. The van der Waals surface area contributed by atoms with Crippen molar-refractivity contribution in [2.45, 2.75) is 26.7 Å². The van der Waals surface area contributed by atoms with Gasteiger partial charge < -0.3 is 4.74 Å². The summed E-state index contributed by atoms with van der Waals surface area (Å²) < 4.78 is 18.7. The predicted octanol–water partition coefficient (Wildman–Crippen LogP) is 4.32. The summed E-state index contributed by atoms with van der Waals surface area (Å²) in [6, 6.07) is 5.90. The Morgan fingerprint density at radius 2 is 2.11 bits per heavy atom. The standard InChI is InChI=1S/C14H14ClFN2O/c1-3-5-12-17-13(15)9(2)14(18-12)19-11-7-4-6-10(16)8-11/h4,6-8H,3,5H2,1-2H3. The Kier molecular flexibility index (Phi) is 4.32. The van der Waals surface area contributed by atoms with E-state index in [-0.39, 0.29) is 5.82 Å². The Bertz CT molecular complexity index is 590. The SMILES string of the molecule is CCCc1nc(Cl)c(C)c(Oc2cccc(F)c2)n1. The molecule has 19 heavy (non-hydrogen) atoms. The van der Waals surface area contributed by atoms with Crippen LogP contribution in [0.4, 0.5) is 4.39 Å². The van der Waals surface area contributed by atoms with Gasteiger partial charge >= 0.3 is 0 Å². The van der Waals surface area contributed by atoms with Crippen molar-refractivity contribution in [2.75, 3.05) is 0 Å². The zero-order valence-electron chi connectivity index (χ0n) is 10.8. The number of halogens is 2. The lowest BCUT2D eigenvalue weighted by molar-refractivity contribution is 0.449. The number of hydrogen-bond acceptors (Lipinski definition) is 3. The van der Waals surface area contributed by atoms with Gasteiger partial charge in [0.15, 0.2) is 0 Å². The molecule has 0 aliphatic heterocycles. The molecule has 2 rings (SSSR count). The first kappa shape index (κ1) is 13.7. The molecule has 0 aliphatic rings. The van der Waals surface area contributed by atoms with Crippen molar-refractivity contribution in [2.24, 2.45) is 0 Å². The van der Waals surface area contributed by atoms with Crippen LogP contribution in [0.1, 0.15) is 24.7 Å². The molecule has 5 heteroatoms. The third-order valence-corrected chi connectivity index (χ3v) is 2.94. The summed E-state index contributed by atoms with van der Waals surface area (Å²) in [6.45, 7) is 3.80. The lowest BCUT2D eigenvalue weighted by atomic mass is 10.3. The van der Waals surface area contributed by atoms with E-state index in [1.807, 2.05) is 6.92 Å². The summed E-state index contributed by atoms with van der Waals surface area (Å²) >= 11 is 6.05. The molecule has 1 heterocycles. The van der Waals surface area contributed by atoms with E-state index in [1.54, 1.807) is 19.1 Å². The Balaban J connectivity index is 2.33. The molecule has 0 saturated carbocycles. The first-order valence-corrected chi connectivity index (χ1v) is 6.44. The molecule has 0 fully saturated rings. The van der Waals surface area contributed by atoms with Gasteiger partial charge in [-0.1, -0.05) is 24.6 Å². The van der Waals surface area contributed by atoms with Crippen molar-refractivity contribution in [1.29, 1.82) is 0 Å². The summed E-state index contributed by atoms with van der Waals surface area (Å²) in [5.41, 5.74) is 0.644. The summed E-state index contributed by atoms with van der Waals surface area (Å²) in [6.07, 6.45) is 1.64. The van der Waals surface area contributed by atoms with Crippen LogP contribution in [0.25, 0.3) is 0 Å². The summed E-state index contributed by atoms with van der Waals surface area (Å²) in [4.78, 5) is 8.49. The average Bonchev–Trinajstić information content (AvgIpc) is 2.36. The van der Waals surface area contributed by atoms with Gasteiger partial charge in [-0.3, -0.25) is 0 Å². The minimum absolute atomic E-state index is 0.357. The molecular weight excluding hydrogens is 267 g/mol. The molecule has 1 aromatic heterocycles. The fraction of sp³-hybridized carbons (Fsp3) is 0.286. The van der Waals surface area contributed by atoms with Crippen LogP contribution in [0.3, 0.4) is 0 Å². The number of rotatable bonds is 4. The number of nitrogens with zero attached hydrogens (tertiary/aromatic N) is 2. The van der Waals surface area contributed by atoms with Crippen molar-refractivity contribution in [3.63, 3.8) is 0 Å². The highest BCUT2D eigenvalue weighted by atomic mass is 35.5. The molecule has 0 amide bonds. The van der Waals surface area contributed by atoms with Crippen LogP contribution in [0.2, 0.25) is 5.15 Å². The molecule has 0 N–H and O–H groups in total. The molecular formula is C14H14ClFN2O. The van der Waals surface area contributed by atoms with Crippen molar-refractivity contribution in [1.82, 2.24) is 9.97 Å². The van der Waals surface area contributed by atoms with Crippen molar-refractivity contribution in [3.05, 3.63) is 46.6 Å². The zero-order chi connectivity index (χ0) is 13.8. The van der Waals surface area contributed by atoms with E-state index in [0.29, 0.717) is 28.2 Å². The Morgan fingerprint density at radius 1 is 1.32 bits per heavy atom. The highest BCUT2D eigenvalue weighted by Gasteiger charge is 2.11. The molecule has 0 spiro atoms. The Labute approximate surface area is 116 Å². The van der Waals surface area contributed by atoms with Crippen LogP contribution in [-0.2, 0) is 6.42 Å². The minimum atomic E-state index is -0.357.